The summed E-state index contributed by atoms with van der Waals surface area (Å²) in [6.45, 7) is 1.86. The molecule has 1 aromatic rings. The zero-order valence-electron chi connectivity index (χ0n) is 7.06. The van der Waals surface area contributed by atoms with E-state index < -0.39 is 10.1 Å². The number of hydrogen-bond acceptors (Lipinski definition) is 4. The Morgan fingerprint density at radius 3 is 2.57 bits per heavy atom. The molecule has 1 aromatic heterocycles. The molecule has 0 amide bonds. The van der Waals surface area contributed by atoms with Crippen LogP contribution in [0.4, 0.5) is 0 Å². The maximum absolute atomic E-state index is 10.3. The van der Waals surface area contributed by atoms with Crippen molar-refractivity contribution in [2.75, 3.05) is 12.4 Å². The quantitative estimate of drug-likeness (QED) is 0.626. The van der Waals surface area contributed by atoms with Crippen LogP contribution in [0.1, 0.15) is 5.56 Å². The molecular formula is C7H11NaO4S2. The Kier molecular flexibility index (Phi) is 6.27. The van der Waals surface area contributed by atoms with Crippen LogP contribution in [0.25, 0.3) is 0 Å². The molecule has 7 heteroatoms. The van der Waals surface area contributed by atoms with Gasteiger partial charge in [-0.25, -0.2) is 0 Å². The van der Waals surface area contributed by atoms with Crippen molar-refractivity contribution >= 4 is 51.0 Å². The third-order valence-electron chi connectivity index (χ3n) is 1.41. The van der Waals surface area contributed by atoms with Crippen LogP contribution in [0.15, 0.2) is 10.8 Å². The van der Waals surface area contributed by atoms with Crippen molar-refractivity contribution in [2.45, 2.75) is 6.92 Å². The molecule has 0 atom stereocenters. The second-order valence-corrected chi connectivity index (χ2v) is 4.87. The van der Waals surface area contributed by atoms with E-state index in [1.165, 1.54) is 11.3 Å². The maximum atomic E-state index is 10.3. The number of thiophene rings is 1. The van der Waals surface area contributed by atoms with Crippen molar-refractivity contribution in [3.63, 3.8) is 0 Å². The molecule has 14 heavy (non-hydrogen) atoms. The Hall–Kier alpha value is 0.410. The molecule has 0 unspecified atom stereocenters. The van der Waals surface area contributed by atoms with E-state index >= 15 is 0 Å². The Balaban J connectivity index is 0.00000169. The third kappa shape index (κ3) is 5.33. The van der Waals surface area contributed by atoms with Crippen LogP contribution < -0.4 is 4.74 Å². The van der Waals surface area contributed by atoms with Crippen LogP contribution in [-0.4, -0.2) is 54.9 Å². The molecule has 1 heterocycles. The molecular weight excluding hydrogens is 235 g/mol. The zero-order valence-corrected chi connectivity index (χ0v) is 8.69. The van der Waals surface area contributed by atoms with Crippen molar-refractivity contribution < 1.29 is 17.7 Å². The van der Waals surface area contributed by atoms with E-state index in [9.17, 15) is 8.42 Å². The summed E-state index contributed by atoms with van der Waals surface area (Å²) in [6.07, 6.45) is 0. The molecule has 0 aliphatic heterocycles. The summed E-state index contributed by atoms with van der Waals surface area (Å²) in [6, 6.07) is 0. The summed E-state index contributed by atoms with van der Waals surface area (Å²) in [5, 5.41) is 3.70. The van der Waals surface area contributed by atoms with Crippen molar-refractivity contribution in [3.05, 3.63) is 16.3 Å². The van der Waals surface area contributed by atoms with Gasteiger partial charge in [0.25, 0.3) is 10.1 Å². The molecule has 0 aliphatic carbocycles. The number of rotatable bonds is 4. The first-order valence-electron chi connectivity index (χ1n) is 3.60. The first-order valence-corrected chi connectivity index (χ1v) is 6.15. The van der Waals surface area contributed by atoms with E-state index in [-0.39, 0.29) is 41.9 Å². The average Bonchev–Trinajstić information content (AvgIpc) is 2.34. The normalized spacial score (nSPS) is 10.7. The molecule has 0 bridgehead atoms. The van der Waals surface area contributed by atoms with Gasteiger partial charge in [0.1, 0.15) is 18.1 Å². The van der Waals surface area contributed by atoms with E-state index in [4.69, 9.17) is 9.29 Å². The summed E-state index contributed by atoms with van der Waals surface area (Å²) < 4.78 is 34.2. The molecule has 76 valence electrons. The molecule has 0 aromatic carbocycles. The Labute approximate surface area is 109 Å². The molecule has 0 saturated carbocycles. The van der Waals surface area contributed by atoms with Gasteiger partial charge in [-0.05, 0) is 12.3 Å². The molecule has 0 fully saturated rings. The Morgan fingerprint density at radius 2 is 2.14 bits per heavy atom. The molecule has 0 aliphatic rings. The number of aryl methyl sites for hydroxylation is 1. The molecule has 0 spiro atoms. The topological polar surface area (TPSA) is 63.6 Å². The van der Waals surface area contributed by atoms with Gasteiger partial charge in [0.15, 0.2) is 0 Å². The monoisotopic (exact) mass is 246 g/mol. The molecule has 4 nitrogen and oxygen atoms in total. The number of ether oxygens (including phenoxy) is 1. The standard InChI is InChI=1S/C7H10O4S2.Na.H/c1-6-4-12-5-7(6)11-2-3-13(8,9)10;;/h4-5H,2-3H2,1H3,(H,8,9,10);;. The minimum atomic E-state index is -3.91. The molecule has 0 saturated heterocycles. The van der Waals surface area contributed by atoms with Gasteiger partial charge in [0.2, 0.25) is 0 Å². The van der Waals surface area contributed by atoms with Crippen LogP contribution in [0, 0.1) is 6.92 Å². The van der Waals surface area contributed by atoms with Gasteiger partial charge in [-0.15, -0.1) is 11.3 Å². The van der Waals surface area contributed by atoms with Gasteiger partial charge in [-0.2, -0.15) is 8.42 Å². The van der Waals surface area contributed by atoms with Crippen LogP contribution >= 0.6 is 11.3 Å². The first kappa shape index (κ1) is 14.4. The fourth-order valence-corrected chi connectivity index (χ4v) is 1.81. The SMILES string of the molecule is Cc1cscc1OCCS(=O)(=O)O.[NaH]. The fourth-order valence-electron chi connectivity index (χ4n) is 0.754. The van der Waals surface area contributed by atoms with Crippen LogP contribution in [-0.2, 0) is 10.1 Å². The van der Waals surface area contributed by atoms with Gasteiger partial charge in [0, 0.05) is 10.9 Å². The van der Waals surface area contributed by atoms with Gasteiger partial charge >= 0.3 is 29.6 Å². The van der Waals surface area contributed by atoms with E-state index in [1.807, 2.05) is 12.3 Å². The second kappa shape index (κ2) is 6.09. The summed E-state index contributed by atoms with van der Waals surface area (Å²) in [7, 11) is -3.91. The summed E-state index contributed by atoms with van der Waals surface area (Å²) in [5.74, 6) is 0.302. The van der Waals surface area contributed by atoms with E-state index in [0.717, 1.165) is 5.56 Å². The van der Waals surface area contributed by atoms with Crippen molar-refractivity contribution in [3.8, 4) is 5.75 Å². The van der Waals surface area contributed by atoms with Crippen molar-refractivity contribution in [1.29, 1.82) is 0 Å². The molecule has 1 N–H and O–H groups in total. The van der Waals surface area contributed by atoms with Crippen molar-refractivity contribution in [2.24, 2.45) is 0 Å². The predicted octanol–water partition coefficient (Wildman–Crippen LogP) is 0.675. The van der Waals surface area contributed by atoms with Gasteiger partial charge < -0.3 is 4.74 Å². The van der Waals surface area contributed by atoms with Crippen LogP contribution in [0.2, 0.25) is 0 Å². The number of hydrogen-bond donors (Lipinski definition) is 1. The van der Waals surface area contributed by atoms with Crippen LogP contribution in [0.5, 0.6) is 5.75 Å². The van der Waals surface area contributed by atoms with E-state index in [2.05, 4.69) is 0 Å². The first-order chi connectivity index (χ1) is 5.99. The van der Waals surface area contributed by atoms with Crippen molar-refractivity contribution in [1.82, 2.24) is 0 Å². The Morgan fingerprint density at radius 1 is 1.50 bits per heavy atom. The van der Waals surface area contributed by atoms with E-state index in [1.54, 1.807) is 5.38 Å². The molecule has 0 radical (unpaired) electrons. The fraction of sp³-hybridized carbons (Fsp3) is 0.429. The molecule has 1 rings (SSSR count). The summed E-state index contributed by atoms with van der Waals surface area (Å²) >= 11 is 1.49. The minimum absolute atomic E-state index is 0. The third-order valence-corrected chi connectivity index (χ3v) is 2.93. The van der Waals surface area contributed by atoms with E-state index in [0.29, 0.717) is 5.75 Å². The van der Waals surface area contributed by atoms with Crippen LogP contribution in [0.3, 0.4) is 0 Å². The predicted molar refractivity (Wildman–Crippen MR) is 58.1 cm³/mol. The van der Waals surface area contributed by atoms with Gasteiger partial charge in [0.05, 0.1) is 0 Å². The van der Waals surface area contributed by atoms with Gasteiger partial charge in [-0.1, -0.05) is 0 Å². The second-order valence-electron chi connectivity index (χ2n) is 2.55. The summed E-state index contributed by atoms with van der Waals surface area (Å²) in [5.41, 5.74) is 0.973. The van der Waals surface area contributed by atoms with Gasteiger partial charge in [-0.3, -0.25) is 4.55 Å². The Bertz CT molecular complexity index is 371. The average molecular weight is 246 g/mol. The summed E-state index contributed by atoms with van der Waals surface area (Å²) in [4.78, 5) is 0. The zero-order chi connectivity index (χ0) is 9.90.